The van der Waals surface area contributed by atoms with Crippen LogP contribution in [0.3, 0.4) is 0 Å². The van der Waals surface area contributed by atoms with Gasteiger partial charge in [0, 0.05) is 0 Å². The van der Waals surface area contributed by atoms with E-state index in [1.807, 2.05) is 0 Å². The first-order valence-electron chi connectivity index (χ1n) is 1.48. The molecule has 7 nitrogen and oxygen atoms in total. The normalized spacial score (nSPS) is 15.6. The third kappa shape index (κ3) is 19.5. The van der Waals surface area contributed by atoms with Gasteiger partial charge in [-0.3, -0.25) is 8.88 Å². The molecule has 0 amide bonds. The quantitative estimate of drug-likeness (QED) is 0.383. The Bertz CT molecular complexity index is 157. The molecule has 11 heavy (non-hydrogen) atoms. The van der Waals surface area contributed by atoms with Crippen molar-refractivity contribution in [3.63, 3.8) is 0 Å². The summed E-state index contributed by atoms with van der Waals surface area (Å²) in [5.74, 6) is 0. The maximum absolute atomic E-state index is 9.44. The van der Waals surface area contributed by atoms with E-state index in [-0.39, 0.29) is 89.1 Å². The molecule has 0 spiro atoms. The van der Waals surface area contributed by atoms with Crippen LogP contribution in [0.1, 0.15) is 0 Å². The van der Waals surface area contributed by atoms with E-state index in [0.717, 1.165) is 0 Å². The third-order valence-corrected chi connectivity index (χ3v) is 1.83. The monoisotopic (exact) mass is 254 g/mol. The Labute approximate surface area is 135 Å². The molecule has 0 aliphatic rings. The molecule has 0 saturated heterocycles. The molecule has 0 aliphatic carbocycles. The second-order valence-corrected chi connectivity index (χ2v) is 3.48. The average molecular weight is 254 g/mol. The van der Waals surface area contributed by atoms with Crippen molar-refractivity contribution in [2.24, 2.45) is 0 Å². The van der Waals surface area contributed by atoms with Crippen molar-refractivity contribution in [1.82, 2.24) is 0 Å². The molecule has 1 unspecified atom stereocenters. The smallest absolute Gasteiger partial charge is 0.790 e. The summed E-state index contributed by atoms with van der Waals surface area (Å²) in [5.41, 5.74) is 0. The summed E-state index contributed by atoms with van der Waals surface area (Å²) in [6, 6.07) is 0. The van der Waals surface area contributed by atoms with E-state index in [4.69, 9.17) is 4.89 Å². The summed E-state index contributed by atoms with van der Waals surface area (Å²) in [7, 11) is -11.0. The van der Waals surface area contributed by atoms with Gasteiger partial charge in [-0.1, -0.05) is 0 Å². The molecular weight excluding hydrogens is 253 g/mol. The van der Waals surface area contributed by atoms with Crippen molar-refractivity contribution in [2.45, 2.75) is 0 Å². The van der Waals surface area contributed by atoms with Crippen LogP contribution < -0.4 is 66.1 Å². The fraction of sp³-hybridized carbons (Fsp3) is 0. The molecule has 0 saturated carbocycles. The standard InChI is InChI=1S/Ca.K.H4O7P2/c;;1-8(2,3)7-9(4,5)6/h;;(H2,1,2,3)(H2,4,5,6)/q+2;+1;/p-3. The summed E-state index contributed by atoms with van der Waals surface area (Å²) in [6.45, 7) is 0. The molecular formula is HCaKO7P2. The van der Waals surface area contributed by atoms with Crippen LogP contribution in [-0.2, 0) is 13.4 Å². The molecule has 1 N–H and O–H groups in total. The van der Waals surface area contributed by atoms with E-state index in [1.54, 1.807) is 0 Å². The fourth-order valence-corrected chi connectivity index (χ4v) is 1.14. The van der Waals surface area contributed by atoms with E-state index in [0.29, 0.717) is 0 Å². The molecule has 1 atom stereocenters. The molecule has 0 aliphatic heterocycles. The molecule has 0 heterocycles. The summed E-state index contributed by atoms with van der Waals surface area (Å²) in [6.07, 6.45) is 0. The Morgan fingerprint density at radius 1 is 1.18 bits per heavy atom. The largest absolute Gasteiger partial charge is 2.00 e. The summed E-state index contributed by atoms with van der Waals surface area (Å²) >= 11 is 0. The van der Waals surface area contributed by atoms with Crippen LogP contribution in [-0.4, -0.2) is 42.6 Å². The van der Waals surface area contributed by atoms with Gasteiger partial charge >= 0.3 is 89.1 Å². The first kappa shape index (κ1) is 19.7. The van der Waals surface area contributed by atoms with Crippen LogP contribution in [0.2, 0.25) is 0 Å². The third-order valence-electron chi connectivity index (χ3n) is 0.203. The molecule has 0 aromatic rings. The molecule has 0 fully saturated rings. The van der Waals surface area contributed by atoms with E-state index in [9.17, 15) is 23.8 Å². The number of hydrogen-bond acceptors (Lipinski definition) is 6. The summed E-state index contributed by atoms with van der Waals surface area (Å²) in [5, 5.41) is 0. The topological polar surface area (TPSA) is 133 Å². The predicted octanol–water partition coefficient (Wildman–Crippen LogP) is -6.08. The summed E-state index contributed by atoms with van der Waals surface area (Å²) in [4.78, 5) is 35.7. The average Bonchev–Trinajstić information content (AvgIpc) is 1.14. The first-order valence-corrected chi connectivity index (χ1v) is 4.43. The molecule has 0 rings (SSSR count). The molecule has 56 valence electrons. The van der Waals surface area contributed by atoms with E-state index in [1.165, 1.54) is 0 Å². The Balaban J connectivity index is -0.000000320. The second-order valence-electron chi connectivity index (χ2n) is 0.997. The predicted molar refractivity (Wildman–Crippen MR) is 24.3 cm³/mol. The second kappa shape index (κ2) is 7.45. The van der Waals surface area contributed by atoms with Gasteiger partial charge in [-0.15, -0.1) is 0 Å². The van der Waals surface area contributed by atoms with Gasteiger partial charge < -0.3 is 24.1 Å². The fourth-order valence-electron chi connectivity index (χ4n) is 0.126. The van der Waals surface area contributed by atoms with Gasteiger partial charge in [0.1, 0.15) is 0 Å². The van der Waals surface area contributed by atoms with Gasteiger partial charge in [-0.25, -0.2) is 0 Å². The van der Waals surface area contributed by atoms with Crippen molar-refractivity contribution in [1.29, 1.82) is 0 Å². The van der Waals surface area contributed by atoms with Gasteiger partial charge in [0.25, 0.3) is 7.82 Å². The van der Waals surface area contributed by atoms with Crippen LogP contribution in [0.15, 0.2) is 0 Å². The van der Waals surface area contributed by atoms with Crippen molar-refractivity contribution >= 4 is 53.4 Å². The van der Waals surface area contributed by atoms with Crippen molar-refractivity contribution in [2.75, 3.05) is 0 Å². The van der Waals surface area contributed by atoms with Gasteiger partial charge in [0.15, 0.2) is 0 Å². The zero-order valence-electron chi connectivity index (χ0n) is 5.50. The SMILES string of the molecule is O=P([O-])([O-])OP(=O)([O-])O.[Ca+2].[K+]. The zero-order chi connectivity index (χ0) is 7.71. The molecule has 0 aromatic carbocycles. The van der Waals surface area contributed by atoms with Crippen LogP contribution >= 0.6 is 15.6 Å². The van der Waals surface area contributed by atoms with E-state index >= 15 is 0 Å². The van der Waals surface area contributed by atoms with Crippen LogP contribution in [0, 0.1) is 0 Å². The van der Waals surface area contributed by atoms with Crippen LogP contribution in [0.25, 0.3) is 0 Å². The van der Waals surface area contributed by atoms with Crippen LogP contribution in [0.5, 0.6) is 0 Å². The van der Waals surface area contributed by atoms with Gasteiger partial charge in [0.05, 0.1) is 7.82 Å². The number of rotatable bonds is 2. The van der Waals surface area contributed by atoms with Crippen molar-refractivity contribution in [3.8, 4) is 0 Å². The first-order chi connectivity index (χ1) is 3.71. The minimum atomic E-state index is -5.61. The van der Waals surface area contributed by atoms with Crippen molar-refractivity contribution < 1.29 is 84.4 Å². The van der Waals surface area contributed by atoms with E-state index < -0.39 is 15.6 Å². The summed E-state index contributed by atoms with van der Waals surface area (Å²) < 4.78 is 21.4. The van der Waals surface area contributed by atoms with Gasteiger partial charge in [-0.05, 0) is 0 Å². The Morgan fingerprint density at radius 2 is 1.45 bits per heavy atom. The Hall–Kier alpha value is 3.16. The van der Waals surface area contributed by atoms with Gasteiger partial charge in [-0.2, -0.15) is 0 Å². The maximum Gasteiger partial charge on any atom is 2.00 e. The zero-order valence-corrected chi connectivity index (χ0v) is 12.6. The minimum absolute atomic E-state index is 0. The maximum atomic E-state index is 9.44. The van der Waals surface area contributed by atoms with Crippen molar-refractivity contribution in [3.05, 3.63) is 0 Å². The minimum Gasteiger partial charge on any atom is -0.790 e. The Kier molecular flexibility index (Phi) is 13.3. The molecule has 11 heteroatoms. The van der Waals surface area contributed by atoms with E-state index in [2.05, 4.69) is 4.31 Å². The molecule has 0 radical (unpaired) electrons. The number of phosphoric acid groups is 2. The molecule has 0 aromatic heterocycles. The van der Waals surface area contributed by atoms with Gasteiger partial charge in [0.2, 0.25) is 0 Å². The Morgan fingerprint density at radius 3 is 1.45 bits per heavy atom. The molecule has 0 bridgehead atoms. The number of hydrogen-bond donors (Lipinski definition) is 1. The van der Waals surface area contributed by atoms with Crippen LogP contribution in [0.4, 0.5) is 0 Å².